The van der Waals surface area contributed by atoms with Gasteiger partial charge in [-0.1, -0.05) is 12.1 Å². The minimum atomic E-state index is -0.373. The Kier molecular flexibility index (Phi) is 4.60. The first-order valence-electron chi connectivity index (χ1n) is 8.05. The van der Waals surface area contributed by atoms with Gasteiger partial charge >= 0.3 is 0 Å². The van der Waals surface area contributed by atoms with E-state index in [1.807, 2.05) is 31.2 Å². The molecule has 2 aromatic carbocycles. The number of halogens is 1. The number of piperidine rings is 1. The molecule has 0 spiro atoms. The molecule has 0 aromatic heterocycles. The number of aryl methyl sites for hydroxylation is 1. The lowest BCUT2D eigenvalue weighted by Crippen LogP contribution is -2.29. The molecule has 0 atom stereocenters. The molecule has 0 unspecified atom stereocenters. The highest BCUT2D eigenvalue weighted by Crippen LogP contribution is 2.23. The zero-order chi connectivity index (χ0) is 16.2. The molecule has 1 aliphatic rings. The highest BCUT2D eigenvalue weighted by Gasteiger charge is 2.15. The van der Waals surface area contributed by atoms with Gasteiger partial charge in [0.15, 0.2) is 0 Å². The number of amides is 1. The topological polar surface area (TPSA) is 32.3 Å². The van der Waals surface area contributed by atoms with Crippen molar-refractivity contribution in [2.45, 2.75) is 26.2 Å². The maximum Gasteiger partial charge on any atom is 0.255 e. The van der Waals surface area contributed by atoms with Crippen LogP contribution in [0, 0.1) is 12.7 Å². The van der Waals surface area contributed by atoms with Gasteiger partial charge in [0, 0.05) is 30.0 Å². The average molecular weight is 312 g/mol. The summed E-state index contributed by atoms with van der Waals surface area (Å²) in [6.45, 7) is 3.80. The summed E-state index contributed by atoms with van der Waals surface area (Å²) in [5.41, 5.74) is 2.93. The molecule has 1 amide bonds. The van der Waals surface area contributed by atoms with Crippen molar-refractivity contribution in [2.75, 3.05) is 23.3 Å². The smallest absolute Gasteiger partial charge is 0.255 e. The molecule has 3 rings (SSSR count). The fourth-order valence-corrected chi connectivity index (χ4v) is 2.97. The molecule has 0 saturated carbocycles. The van der Waals surface area contributed by atoms with Gasteiger partial charge in [0.05, 0.1) is 0 Å². The summed E-state index contributed by atoms with van der Waals surface area (Å²) in [7, 11) is 0. The Morgan fingerprint density at radius 3 is 2.61 bits per heavy atom. The molecule has 1 heterocycles. The zero-order valence-corrected chi connectivity index (χ0v) is 13.3. The Labute approximate surface area is 136 Å². The number of nitrogens with one attached hydrogen (secondary N) is 1. The molecule has 23 heavy (non-hydrogen) atoms. The van der Waals surface area contributed by atoms with E-state index in [0.29, 0.717) is 5.56 Å². The second-order valence-corrected chi connectivity index (χ2v) is 6.07. The quantitative estimate of drug-likeness (QED) is 0.912. The van der Waals surface area contributed by atoms with Crippen molar-refractivity contribution in [3.8, 4) is 0 Å². The standard InChI is InChI=1S/C19H21FN2O/c1-14-6-5-7-17(10-14)21-19(23)15-11-16(20)13-18(12-15)22-8-3-2-4-9-22/h5-7,10-13H,2-4,8-9H2,1H3,(H,21,23). The van der Waals surface area contributed by atoms with Crippen LogP contribution in [0.15, 0.2) is 42.5 Å². The first-order valence-corrected chi connectivity index (χ1v) is 8.05. The minimum absolute atomic E-state index is 0.284. The Morgan fingerprint density at radius 1 is 1.09 bits per heavy atom. The molecular formula is C19H21FN2O. The van der Waals surface area contributed by atoms with E-state index < -0.39 is 0 Å². The molecule has 3 nitrogen and oxygen atoms in total. The van der Waals surface area contributed by atoms with Crippen molar-refractivity contribution in [2.24, 2.45) is 0 Å². The lowest BCUT2D eigenvalue weighted by atomic mass is 10.1. The predicted octanol–water partition coefficient (Wildman–Crippen LogP) is 4.38. The van der Waals surface area contributed by atoms with E-state index in [2.05, 4.69) is 10.2 Å². The Bertz CT molecular complexity index is 708. The molecule has 120 valence electrons. The van der Waals surface area contributed by atoms with Crippen LogP contribution in [-0.4, -0.2) is 19.0 Å². The van der Waals surface area contributed by atoms with Crippen LogP contribution in [0.25, 0.3) is 0 Å². The SMILES string of the molecule is Cc1cccc(NC(=O)c2cc(F)cc(N3CCCCC3)c2)c1. The lowest BCUT2D eigenvalue weighted by molar-refractivity contribution is 0.102. The molecule has 0 aliphatic carbocycles. The number of carbonyl (C=O) groups excluding carboxylic acids is 1. The summed E-state index contributed by atoms with van der Waals surface area (Å²) in [6.07, 6.45) is 3.44. The Hall–Kier alpha value is -2.36. The second-order valence-electron chi connectivity index (χ2n) is 6.07. The number of hydrogen-bond donors (Lipinski definition) is 1. The lowest BCUT2D eigenvalue weighted by Gasteiger charge is -2.29. The van der Waals surface area contributed by atoms with Gasteiger partial charge in [0.1, 0.15) is 5.82 Å². The van der Waals surface area contributed by atoms with Gasteiger partial charge in [0.2, 0.25) is 0 Å². The van der Waals surface area contributed by atoms with E-state index in [0.717, 1.165) is 42.9 Å². The molecule has 1 saturated heterocycles. The average Bonchev–Trinajstić information content (AvgIpc) is 2.55. The van der Waals surface area contributed by atoms with Crippen molar-refractivity contribution in [3.63, 3.8) is 0 Å². The fourth-order valence-electron chi connectivity index (χ4n) is 2.97. The van der Waals surface area contributed by atoms with E-state index in [1.165, 1.54) is 18.6 Å². The normalized spacial score (nSPS) is 14.6. The molecule has 4 heteroatoms. The number of hydrogen-bond acceptors (Lipinski definition) is 2. The fraction of sp³-hybridized carbons (Fsp3) is 0.316. The van der Waals surface area contributed by atoms with Gasteiger partial charge in [-0.05, 0) is 62.1 Å². The van der Waals surface area contributed by atoms with Gasteiger partial charge in [-0.3, -0.25) is 4.79 Å². The van der Waals surface area contributed by atoms with Crippen LogP contribution in [0.3, 0.4) is 0 Å². The van der Waals surface area contributed by atoms with Gasteiger partial charge in [-0.15, -0.1) is 0 Å². The van der Waals surface area contributed by atoms with Crippen LogP contribution in [0.2, 0.25) is 0 Å². The molecule has 1 aliphatic heterocycles. The van der Waals surface area contributed by atoms with Crippen molar-refractivity contribution < 1.29 is 9.18 Å². The summed E-state index contributed by atoms with van der Waals surface area (Å²) < 4.78 is 13.9. The van der Waals surface area contributed by atoms with Crippen LogP contribution in [0.1, 0.15) is 35.2 Å². The summed E-state index contributed by atoms with van der Waals surface area (Å²) >= 11 is 0. The van der Waals surface area contributed by atoms with Gasteiger partial charge in [-0.25, -0.2) is 4.39 Å². The number of benzene rings is 2. The second kappa shape index (κ2) is 6.82. The maximum absolute atomic E-state index is 13.9. The van der Waals surface area contributed by atoms with E-state index in [1.54, 1.807) is 6.07 Å². The van der Waals surface area contributed by atoms with E-state index >= 15 is 0 Å². The number of carbonyl (C=O) groups is 1. The zero-order valence-electron chi connectivity index (χ0n) is 13.3. The third-order valence-electron chi connectivity index (χ3n) is 4.14. The number of anilines is 2. The number of rotatable bonds is 3. The first kappa shape index (κ1) is 15.5. The highest BCUT2D eigenvalue weighted by molar-refractivity contribution is 6.04. The molecule has 0 bridgehead atoms. The van der Waals surface area contributed by atoms with Crippen molar-refractivity contribution in [1.29, 1.82) is 0 Å². The van der Waals surface area contributed by atoms with E-state index in [9.17, 15) is 9.18 Å². The largest absolute Gasteiger partial charge is 0.371 e. The maximum atomic E-state index is 13.9. The Balaban J connectivity index is 1.81. The van der Waals surface area contributed by atoms with Gasteiger partial charge in [0.25, 0.3) is 5.91 Å². The van der Waals surface area contributed by atoms with Crippen LogP contribution in [0.5, 0.6) is 0 Å². The summed E-state index contributed by atoms with van der Waals surface area (Å²) in [4.78, 5) is 14.6. The summed E-state index contributed by atoms with van der Waals surface area (Å²) in [6, 6.07) is 12.1. The van der Waals surface area contributed by atoms with Crippen LogP contribution >= 0.6 is 0 Å². The summed E-state index contributed by atoms with van der Waals surface area (Å²) in [5.74, 6) is -0.657. The molecule has 1 N–H and O–H groups in total. The molecule has 1 fully saturated rings. The van der Waals surface area contributed by atoms with Crippen LogP contribution in [0.4, 0.5) is 15.8 Å². The van der Waals surface area contributed by atoms with Crippen LogP contribution in [-0.2, 0) is 0 Å². The van der Waals surface area contributed by atoms with Crippen LogP contribution < -0.4 is 10.2 Å². The third kappa shape index (κ3) is 3.89. The monoisotopic (exact) mass is 312 g/mol. The summed E-state index contributed by atoms with van der Waals surface area (Å²) in [5, 5.41) is 2.83. The van der Waals surface area contributed by atoms with E-state index in [-0.39, 0.29) is 11.7 Å². The van der Waals surface area contributed by atoms with Gasteiger partial charge in [-0.2, -0.15) is 0 Å². The third-order valence-corrected chi connectivity index (χ3v) is 4.14. The van der Waals surface area contributed by atoms with E-state index in [4.69, 9.17) is 0 Å². The van der Waals surface area contributed by atoms with Crippen molar-refractivity contribution >= 4 is 17.3 Å². The van der Waals surface area contributed by atoms with Gasteiger partial charge < -0.3 is 10.2 Å². The Morgan fingerprint density at radius 2 is 1.87 bits per heavy atom. The molecular weight excluding hydrogens is 291 g/mol. The van der Waals surface area contributed by atoms with Crippen molar-refractivity contribution in [1.82, 2.24) is 0 Å². The van der Waals surface area contributed by atoms with Crippen molar-refractivity contribution in [3.05, 3.63) is 59.4 Å². The molecule has 2 aromatic rings. The first-order chi connectivity index (χ1) is 11.1. The minimum Gasteiger partial charge on any atom is -0.371 e. The predicted molar refractivity (Wildman–Crippen MR) is 91.6 cm³/mol. The highest BCUT2D eigenvalue weighted by atomic mass is 19.1. The molecule has 0 radical (unpaired) electrons. The number of nitrogens with zero attached hydrogens (tertiary/aromatic N) is 1.